The number of carbonyl (C=O) groups excluding carboxylic acids is 2. The van der Waals surface area contributed by atoms with Gasteiger partial charge in [0.05, 0.1) is 5.69 Å². The van der Waals surface area contributed by atoms with E-state index in [2.05, 4.69) is 10.6 Å². The molecular formula is C17H22FN3O3. The Kier molecular flexibility index (Phi) is 4.99. The van der Waals surface area contributed by atoms with Crippen LogP contribution in [0.2, 0.25) is 0 Å². The Morgan fingerprint density at radius 1 is 1.25 bits per heavy atom. The lowest BCUT2D eigenvalue weighted by Crippen LogP contribution is -2.47. The van der Waals surface area contributed by atoms with Gasteiger partial charge in [0.1, 0.15) is 11.9 Å². The predicted octanol–water partition coefficient (Wildman–Crippen LogP) is 1.25. The number of nitrogens with one attached hydrogen (secondary N) is 2. The Bertz CT molecular complexity index is 630. The van der Waals surface area contributed by atoms with Crippen LogP contribution in [0.15, 0.2) is 18.2 Å². The van der Waals surface area contributed by atoms with Crippen LogP contribution in [-0.2, 0) is 9.59 Å². The minimum absolute atomic E-state index is 0.186. The van der Waals surface area contributed by atoms with Gasteiger partial charge in [0.2, 0.25) is 11.8 Å². The van der Waals surface area contributed by atoms with Crippen molar-refractivity contribution >= 4 is 23.2 Å². The Balaban J connectivity index is 1.64. The molecule has 3 N–H and O–H groups in total. The number of amides is 2. The van der Waals surface area contributed by atoms with E-state index in [9.17, 15) is 19.1 Å². The second-order valence-electron chi connectivity index (χ2n) is 6.43. The smallest absolute Gasteiger partial charge is 0.249 e. The molecule has 24 heavy (non-hydrogen) atoms. The summed E-state index contributed by atoms with van der Waals surface area (Å²) in [5, 5.41) is 14.4. The molecule has 6 nitrogen and oxygen atoms in total. The molecule has 1 atom stereocenters. The number of carbonyl (C=O) groups is 2. The van der Waals surface area contributed by atoms with Gasteiger partial charge in [0.25, 0.3) is 0 Å². The molecule has 0 spiro atoms. The maximum absolute atomic E-state index is 14.4. The second-order valence-corrected chi connectivity index (χ2v) is 6.43. The number of anilines is 2. The number of piperidine rings is 2. The van der Waals surface area contributed by atoms with Gasteiger partial charge < -0.3 is 15.3 Å². The van der Waals surface area contributed by atoms with Crippen molar-refractivity contribution in [3.05, 3.63) is 24.0 Å². The zero-order chi connectivity index (χ0) is 17.1. The molecule has 2 aliphatic rings. The van der Waals surface area contributed by atoms with Crippen LogP contribution in [0.4, 0.5) is 15.8 Å². The van der Waals surface area contributed by atoms with Crippen molar-refractivity contribution in [3.63, 3.8) is 0 Å². The van der Waals surface area contributed by atoms with Crippen molar-refractivity contribution < 1.29 is 19.1 Å². The number of hydrogen-bond acceptors (Lipinski definition) is 5. The molecule has 1 aromatic rings. The molecule has 0 aromatic heterocycles. The largest absolute Gasteiger partial charge is 0.396 e. The molecule has 3 rings (SSSR count). The Morgan fingerprint density at radius 2 is 2.00 bits per heavy atom. The highest BCUT2D eigenvalue weighted by molar-refractivity contribution is 6.01. The van der Waals surface area contributed by atoms with Crippen LogP contribution >= 0.6 is 0 Å². The van der Waals surface area contributed by atoms with E-state index in [1.165, 1.54) is 6.07 Å². The van der Waals surface area contributed by atoms with Crippen molar-refractivity contribution in [2.45, 2.75) is 31.7 Å². The van der Waals surface area contributed by atoms with Crippen molar-refractivity contribution in [3.8, 4) is 0 Å². The van der Waals surface area contributed by atoms with Gasteiger partial charge >= 0.3 is 0 Å². The molecule has 2 fully saturated rings. The van der Waals surface area contributed by atoms with Gasteiger partial charge in [-0.1, -0.05) is 0 Å². The fourth-order valence-corrected chi connectivity index (χ4v) is 3.24. The molecule has 0 aliphatic carbocycles. The minimum Gasteiger partial charge on any atom is -0.396 e. The average Bonchev–Trinajstić information content (AvgIpc) is 2.58. The number of aliphatic hydroxyl groups excluding tert-OH is 1. The highest BCUT2D eigenvalue weighted by Gasteiger charge is 2.27. The normalized spacial score (nSPS) is 22.4. The monoisotopic (exact) mass is 335 g/mol. The summed E-state index contributed by atoms with van der Waals surface area (Å²) in [6, 6.07) is 4.33. The van der Waals surface area contributed by atoms with Crippen molar-refractivity contribution in [1.29, 1.82) is 0 Å². The first-order valence-electron chi connectivity index (χ1n) is 8.32. The van der Waals surface area contributed by atoms with E-state index in [4.69, 9.17) is 0 Å². The average molecular weight is 335 g/mol. The van der Waals surface area contributed by atoms with Crippen LogP contribution in [0.1, 0.15) is 25.7 Å². The van der Waals surface area contributed by atoms with Gasteiger partial charge in [0.15, 0.2) is 0 Å². The summed E-state index contributed by atoms with van der Waals surface area (Å²) in [4.78, 5) is 24.9. The van der Waals surface area contributed by atoms with Gasteiger partial charge in [-0.2, -0.15) is 0 Å². The van der Waals surface area contributed by atoms with E-state index in [1.807, 2.05) is 4.90 Å². The third-order valence-electron chi connectivity index (χ3n) is 4.74. The first kappa shape index (κ1) is 16.7. The molecule has 130 valence electrons. The highest BCUT2D eigenvalue weighted by Crippen LogP contribution is 2.28. The summed E-state index contributed by atoms with van der Waals surface area (Å²) < 4.78 is 14.4. The molecular weight excluding hydrogens is 313 g/mol. The number of aliphatic hydroxyl groups is 1. The Hall–Kier alpha value is -2.15. The van der Waals surface area contributed by atoms with Crippen LogP contribution in [0.5, 0.6) is 0 Å². The molecule has 2 amide bonds. The summed E-state index contributed by atoms with van der Waals surface area (Å²) in [5.74, 6) is -0.680. The number of rotatable bonds is 4. The summed E-state index contributed by atoms with van der Waals surface area (Å²) in [6.07, 6.45) is 2.39. The minimum atomic E-state index is -0.520. The molecule has 1 aromatic carbocycles. The van der Waals surface area contributed by atoms with Gasteiger partial charge in [-0.05, 0) is 43.4 Å². The Morgan fingerprint density at radius 3 is 2.62 bits per heavy atom. The van der Waals surface area contributed by atoms with Crippen LogP contribution in [0.25, 0.3) is 0 Å². The standard InChI is InChI=1S/C17H22FN3O3/c18-13-9-12(19-14-2-4-16(23)20-17(14)24)1-3-15(13)21-7-5-11(10-22)6-8-21/h1,3,9,11,14,19,22H,2,4-8,10H2,(H,20,23,24). The van der Waals surface area contributed by atoms with Crippen molar-refractivity contribution in [2.24, 2.45) is 5.92 Å². The fraction of sp³-hybridized carbons (Fsp3) is 0.529. The van der Waals surface area contributed by atoms with E-state index < -0.39 is 6.04 Å². The summed E-state index contributed by atoms with van der Waals surface area (Å²) >= 11 is 0. The second kappa shape index (κ2) is 7.17. The van der Waals surface area contributed by atoms with E-state index in [1.54, 1.807) is 12.1 Å². The summed E-state index contributed by atoms with van der Waals surface area (Å²) in [5.41, 5.74) is 1.07. The van der Waals surface area contributed by atoms with Gasteiger partial charge in [-0.15, -0.1) is 0 Å². The van der Waals surface area contributed by atoms with E-state index in [0.717, 1.165) is 25.9 Å². The zero-order valence-corrected chi connectivity index (χ0v) is 13.4. The van der Waals surface area contributed by atoms with Gasteiger partial charge in [-0.25, -0.2) is 4.39 Å². The predicted molar refractivity (Wildman–Crippen MR) is 88.2 cm³/mol. The number of halogens is 1. The van der Waals surface area contributed by atoms with Crippen LogP contribution < -0.4 is 15.5 Å². The Labute approximate surface area is 140 Å². The quantitative estimate of drug-likeness (QED) is 0.722. The molecule has 0 saturated carbocycles. The van der Waals surface area contributed by atoms with Crippen LogP contribution in [-0.4, -0.2) is 42.7 Å². The fourth-order valence-electron chi connectivity index (χ4n) is 3.24. The van der Waals surface area contributed by atoms with E-state index >= 15 is 0 Å². The lowest BCUT2D eigenvalue weighted by molar-refractivity contribution is -0.133. The number of benzene rings is 1. The summed E-state index contributed by atoms with van der Waals surface area (Å²) in [6.45, 7) is 1.63. The molecule has 0 radical (unpaired) electrons. The lowest BCUT2D eigenvalue weighted by Gasteiger charge is -2.33. The third-order valence-corrected chi connectivity index (χ3v) is 4.74. The lowest BCUT2D eigenvalue weighted by atomic mass is 9.97. The highest BCUT2D eigenvalue weighted by atomic mass is 19.1. The maximum atomic E-state index is 14.4. The topological polar surface area (TPSA) is 81.7 Å². The molecule has 0 bridgehead atoms. The molecule has 1 unspecified atom stereocenters. The van der Waals surface area contributed by atoms with E-state index in [0.29, 0.717) is 23.7 Å². The summed E-state index contributed by atoms with van der Waals surface area (Å²) in [7, 11) is 0. The van der Waals surface area contributed by atoms with Gasteiger partial charge in [0, 0.05) is 31.8 Å². The van der Waals surface area contributed by atoms with Crippen LogP contribution in [0, 0.1) is 11.7 Å². The van der Waals surface area contributed by atoms with Crippen LogP contribution in [0.3, 0.4) is 0 Å². The number of hydrogen-bond donors (Lipinski definition) is 3. The zero-order valence-electron chi connectivity index (χ0n) is 13.4. The van der Waals surface area contributed by atoms with E-state index in [-0.39, 0.29) is 30.7 Å². The third kappa shape index (κ3) is 3.67. The first-order valence-corrected chi connectivity index (χ1v) is 8.32. The van der Waals surface area contributed by atoms with Gasteiger partial charge in [-0.3, -0.25) is 14.9 Å². The van der Waals surface area contributed by atoms with Crippen molar-refractivity contribution in [2.75, 3.05) is 29.9 Å². The molecule has 2 saturated heterocycles. The molecule has 7 heteroatoms. The maximum Gasteiger partial charge on any atom is 0.249 e. The SMILES string of the molecule is O=C1CCC(Nc2ccc(N3CCC(CO)CC3)c(F)c2)C(=O)N1. The first-order chi connectivity index (χ1) is 11.6. The number of nitrogens with zero attached hydrogens (tertiary/aromatic N) is 1. The van der Waals surface area contributed by atoms with Crippen molar-refractivity contribution in [1.82, 2.24) is 5.32 Å². The molecule has 2 aliphatic heterocycles. The number of imide groups is 1. The molecule has 2 heterocycles.